The maximum atomic E-state index is 12.4. The van der Waals surface area contributed by atoms with Crippen molar-refractivity contribution in [2.24, 2.45) is 0 Å². The predicted octanol–water partition coefficient (Wildman–Crippen LogP) is 4.60. The van der Waals surface area contributed by atoms with Crippen molar-refractivity contribution in [2.75, 3.05) is 4.90 Å². The Morgan fingerprint density at radius 1 is 1.23 bits per heavy atom. The molecule has 1 N–H and O–H groups in total. The summed E-state index contributed by atoms with van der Waals surface area (Å²) in [6, 6.07) is 5.37. The second-order valence-corrected chi connectivity index (χ2v) is 10.2. The van der Waals surface area contributed by atoms with E-state index >= 15 is 0 Å². The summed E-state index contributed by atoms with van der Waals surface area (Å²) in [5.41, 5.74) is 2.66. The minimum Gasteiger partial charge on any atom is -0.460 e. The van der Waals surface area contributed by atoms with Gasteiger partial charge in [0.15, 0.2) is 0 Å². The number of aryl methyl sites for hydroxylation is 1. The van der Waals surface area contributed by atoms with Gasteiger partial charge in [-0.25, -0.2) is 9.78 Å². The van der Waals surface area contributed by atoms with Gasteiger partial charge in [-0.2, -0.15) is 0 Å². The molecule has 1 aromatic carbocycles. The first-order valence-corrected chi connectivity index (χ1v) is 12.0. The average Bonchev–Trinajstić information content (AvgIpc) is 3.19. The Labute approximate surface area is 206 Å². The zero-order chi connectivity index (χ0) is 25.9. The largest absolute Gasteiger partial charge is 0.460 e. The number of imidazole rings is 1. The molecule has 0 radical (unpaired) electrons. The molecule has 2 aromatic rings. The molecule has 0 aliphatic carbocycles. The first kappa shape index (κ1) is 26.2. The van der Waals surface area contributed by atoms with Gasteiger partial charge < -0.3 is 24.3 Å². The maximum Gasteiger partial charge on any atom is 0.407 e. The van der Waals surface area contributed by atoms with Crippen LogP contribution in [-0.4, -0.2) is 45.3 Å². The number of nitrogens with zero attached hydrogens (tertiary/aromatic N) is 3. The molecule has 0 saturated carbocycles. The van der Waals surface area contributed by atoms with Crippen molar-refractivity contribution in [2.45, 2.75) is 91.6 Å². The lowest BCUT2D eigenvalue weighted by Crippen LogP contribution is -2.45. The summed E-state index contributed by atoms with van der Waals surface area (Å²) < 4.78 is 12.5. The van der Waals surface area contributed by atoms with Crippen LogP contribution in [0.15, 0.2) is 30.7 Å². The zero-order valence-electron chi connectivity index (χ0n) is 21.6. The molecule has 0 fully saturated rings. The van der Waals surface area contributed by atoms with Crippen molar-refractivity contribution in [3.05, 3.63) is 36.3 Å². The van der Waals surface area contributed by atoms with Crippen molar-refractivity contribution in [1.82, 2.24) is 14.9 Å². The summed E-state index contributed by atoms with van der Waals surface area (Å²) in [5.74, 6) is -0.316. The molecule has 0 unspecified atom stereocenters. The summed E-state index contributed by atoms with van der Waals surface area (Å²) in [5, 5.41) is 2.96. The number of anilines is 1. The summed E-state index contributed by atoms with van der Waals surface area (Å²) >= 11 is 0. The van der Waals surface area contributed by atoms with Crippen LogP contribution in [0.2, 0.25) is 0 Å². The molecule has 35 heavy (non-hydrogen) atoms. The molecule has 0 spiro atoms. The number of esters is 1. The van der Waals surface area contributed by atoms with E-state index in [-0.39, 0.29) is 36.5 Å². The van der Waals surface area contributed by atoms with Crippen LogP contribution in [0.4, 0.5) is 10.5 Å². The Kier molecular flexibility index (Phi) is 7.87. The van der Waals surface area contributed by atoms with E-state index in [1.165, 1.54) is 0 Å². The van der Waals surface area contributed by atoms with Crippen LogP contribution in [0.3, 0.4) is 0 Å². The highest BCUT2D eigenvalue weighted by Crippen LogP contribution is 2.39. The second kappa shape index (κ2) is 10.5. The first-order valence-electron chi connectivity index (χ1n) is 12.0. The lowest BCUT2D eigenvalue weighted by molar-refractivity contribution is -0.155. The molecule has 1 aliphatic heterocycles. The van der Waals surface area contributed by atoms with Gasteiger partial charge >= 0.3 is 12.1 Å². The third kappa shape index (κ3) is 6.83. The molecular weight excluding hydrogens is 448 g/mol. The van der Waals surface area contributed by atoms with Crippen LogP contribution in [0.1, 0.15) is 72.9 Å². The number of aromatic nitrogens is 2. The molecule has 2 amide bonds. The highest BCUT2D eigenvalue weighted by Gasteiger charge is 2.34. The molecule has 190 valence electrons. The summed E-state index contributed by atoms with van der Waals surface area (Å²) in [6.07, 6.45) is 3.63. The average molecular weight is 485 g/mol. The van der Waals surface area contributed by atoms with Gasteiger partial charge in [0.25, 0.3) is 0 Å². The summed E-state index contributed by atoms with van der Waals surface area (Å²) in [7, 11) is 0. The number of rotatable bonds is 6. The van der Waals surface area contributed by atoms with Gasteiger partial charge in [0.1, 0.15) is 5.60 Å². The van der Waals surface area contributed by atoms with E-state index < -0.39 is 11.7 Å². The maximum absolute atomic E-state index is 12.4. The van der Waals surface area contributed by atoms with Crippen LogP contribution in [0, 0.1) is 0 Å². The van der Waals surface area contributed by atoms with E-state index in [4.69, 9.17) is 9.47 Å². The number of hydrogen-bond donors (Lipinski definition) is 1. The van der Waals surface area contributed by atoms with Gasteiger partial charge in [-0.15, -0.1) is 0 Å². The molecule has 0 bridgehead atoms. The normalized spacial score (nSPS) is 17.7. The number of fused-ring (bicyclic) bond motifs is 1. The van der Waals surface area contributed by atoms with E-state index in [9.17, 15) is 14.4 Å². The van der Waals surface area contributed by atoms with Gasteiger partial charge in [-0.1, -0.05) is 6.07 Å². The Balaban J connectivity index is 1.84. The van der Waals surface area contributed by atoms with Gasteiger partial charge in [-0.05, 0) is 65.7 Å². The third-order valence-electron chi connectivity index (χ3n) is 5.58. The van der Waals surface area contributed by atoms with Crippen LogP contribution in [0.25, 0.3) is 11.3 Å². The van der Waals surface area contributed by atoms with Crippen molar-refractivity contribution in [3.63, 3.8) is 0 Å². The summed E-state index contributed by atoms with van der Waals surface area (Å²) in [6.45, 7) is 13.1. The molecule has 9 heteroatoms. The Morgan fingerprint density at radius 2 is 1.94 bits per heavy atom. The van der Waals surface area contributed by atoms with Gasteiger partial charge in [-0.3, -0.25) is 9.59 Å². The topological polar surface area (TPSA) is 103 Å². The summed E-state index contributed by atoms with van der Waals surface area (Å²) in [4.78, 5) is 43.0. The molecule has 2 heterocycles. The number of nitrogens with one attached hydrogen (secondary N) is 1. The van der Waals surface area contributed by atoms with Crippen molar-refractivity contribution in [3.8, 4) is 11.3 Å². The quantitative estimate of drug-likeness (QED) is 0.601. The van der Waals surface area contributed by atoms with E-state index in [0.717, 1.165) is 22.5 Å². The smallest absolute Gasteiger partial charge is 0.407 e. The monoisotopic (exact) mass is 484 g/mol. The lowest BCUT2D eigenvalue weighted by atomic mass is 9.90. The van der Waals surface area contributed by atoms with E-state index in [1.54, 1.807) is 32.0 Å². The van der Waals surface area contributed by atoms with E-state index in [0.29, 0.717) is 13.0 Å². The number of ether oxygens (including phenoxy) is 2. The van der Waals surface area contributed by atoms with Crippen LogP contribution < -0.4 is 10.2 Å². The van der Waals surface area contributed by atoms with Gasteiger partial charge in [0.2, 0.25) is 5.91 Å². The molecule has 1 aromatic heterocycles. The molecule has 9 nitrogen and oxygen atoms in total. The number of benzene rings is 1. The van der Waals surface area contributed by atoms with Crippen LogP contribution >= 0.6 is 0 Å². The number of carbonyl (C=O) groups is 3. The molecular formula is C26H36N4O5. The highest BCUT2D eigenvalue weighted by molar-refractivity contribution is 5.94. The highest BCUT2D eigenvalue weighted by atomic mass is 16.6. The SMILES string of the molecule is CC(=O)N1c2ccc(-c3cn(CCC(=O)OC(C)(C)C)cn3)cc2[C@H](NC(=O)OC(C)C)C[C@@H]1C. The number of hydrogen-bond acceptors (Lipinski definition) is 6. The van der Waals surface area contributed by atoms with Crippen molar-refractivity contribution < 1.29 is 23.9 Å². The Bertz CT molecular complexity index is 1090. The molecule has 2 atom stereocenters. The fourth-order valence-corrected chi connectivity index (χ4v) is 4.27. The predicted molar refractivity (Wildman–Crippen MR) is 133 cm³/mol. The Morgan fingerprint density at radius 3 is 2.57 bits per heavy atom. The van der Waals surface area contributed by atoms with Gasteiger partial charge in [0, 0.05) is 37.0 Å². The standard InChI is InChI=1S/C26H36N4O5/c1-16(2)34-25(33)28-21-12-17(3)30(18(4)31)23-9-8-19(13-20(21)23)22-14-29(15-27-22)11-10-24(32)35-26(5,6)7/h8-9,13-17,21H,10-12H2,1-7H3,(H,28,33)/t17-,21+/m0/s1. The Hall–Kier alpha value is -3.36. The van der Waals surface area contributed by atoms with Crippen LogP contribution in [-0.2, 0) is 25.6 Å². The molecule has 1 aliphatic rings. The number of carbonyl (C=O) groups excluding carboxylic acids is 3. The molecule has 0 saturated heterocycles. The lowest BCUT2D eigenvalue weighted by Gasteiger charge is -2.39. The minimum atomic E-state index is -0.516. The fraction of sp³-hybridized carbons (Fsp3) is 0.538. The van der Waals surface area contributed by atoms with Gasteiger partial charge in [0.05, 0.1) is 30.6 Å². The van der Waals surface area contributed by atoms with E-state index in [2.05, 4.69) is 10.3 Å². The van der Waals surface area contributed by atoms with Crippen molar-refractivity contribution in [1.29, 1.82) is 0 Å². The first-order chi connectivity index (χ1) is 16.3. The minimum absolute atomic E-state index is 0.0545. The van der Waals surface area contributed by atoms with Crippen LogP contribution in [0.5, 0.6) is 0 Å². The number of amides is 2. The molecule has 3 rings (SSSR count). The fourth-order valence-electron chi connectivity index (χ4n) is 4.27. The van der Waals surface area contributed by atoms with E-state index in [1.807, 2.05) is 56.7 Å². The van der Waals surface area contributed by atoms with Crippen molar-refractivity contribution >= 4 is 23.7 Å². The third-order valence-corrected chi connectivity index (χ3v) is 5.58. The number of alkyl carbamates (subject to hydrolysis) is 1. The zero-order valence-corrected chi connectivity index (χ0v) is 21.6. The second-order valence-electron chi connectivity index (χ2n) is 10.2.